The van der Waals surface area contributed by atoms with Gasteiger partial charge in [0.1, 0.15) is 11.3 Å². The van der Waals surface area contributed by atoms with Gasteiger partial charge < -0.3 is 9.15 Å². The highest BCUT2D eigenvalue weighted by molar-refractivity contribution is 5.84. The number of aryl methyl sites for hydroxylation is 2. The molecular formula is C12H12O3. The van der Waals surface area contributed by atoms with Gasteiger partial charge in [-0.2, -0.15) is 0 Å². The molecule has 2 rings (SSSR count). The zero-order valence-electron chi connectivity index (χ0n) is 8.96. The Bertz CT molecular complexity index is 567. The van der Waals surface area contributed by atoms with Crippen LogP contribution in [0.5, 0.6) is 5.75 Å². The minimum Gasteiger partial charge on any atom is -0.497 e. The molecular weight excluding hydrogens is 192 g/mol. The predicted octanol–water partition coefficient (Wildman–Crippen LogP) is 2.42. The quantitative estimate of drug-likeness (QED) is 0.669. The van der Waals surface area contributed by atoms with Crippen molar-refractivity contribution in [3.63, 3.8) is 0 Å². The van der Waals surface area contributed by atoms with Crippen molar-refractivity contribution in [2.45, 2.75) is 13.8 Å². The second-order valence-electron chi connectivity index (χ2n) is 3.57. The first kappa shape index (κ1) is 9.77. The maximum Gasteiger partial charge on any atom is 0.336 e. The van der Waals surface area contributed by atoms with Crippen LogP contribution >= 0.6 is 0 Å². The summed E-state index contributed by atoms with van der Waals surface area (Å²) in [6, 6.07) is 5.16. The maximum absolute atomic E-state index is 11.2. The highest BCUT2D eigenvalue weighted by Gasteiger charge is 2.07. The number of benzene rings is 1. The Balaban J connectivity index is 2.91. The smallest absolute Gasteiger partial charge is 0.336 e. The van der Waals surface area contributed by atoms with E-state index in [1.807, 2.05) is 19.9 Å². The lowest BCUT2D eigenvalue weighted by atomic mass is 10.1. The average Bonchev–Trinajstić information content (AvgIpc) is 2.15. The van der Waals surface area contributed by atoms with Gasteiger partial charge >= 0.3 is 5.63 Å². The van der Waals surface area contributed by atoms with Crippen molar-refractivity contribution < 1.29 is 9.15 Å². The van der Waals surface area contributed by atoms with E-state index in [2.05, 4.69) is 0 Å². The van der Waals surface area contributed by atoms with E-state index in [0.717, 1.165) is 16.5 Å². The number of hydrogen-bond donors (Lipinski definition) is 0. The molecule has 0 unspecified atom stereocenters. The molecule has 0 saturated heterocycles. The van der Waals surface area contributed by atoms with Crippen LogP contribution in [0.25, 0.3) is 11.0 Å². The Morgan fingerprint density at radius 2 is 1.80 bits per heavy atom. The van der Waals surface area contributed by atoms with Crippen LogP contribution < -0.4 is 10.4 Å². The summed E-state index contributed by atoms with van der Waals surface area (Å²) in [5, 5.41) is 0.982. The number of ether oxygens (including phenoxy) is 1. The van der Waals surface area contributed by atoms with Crippen LogP contribution in [0.4, 0.5) is 0 Å². The van der Waals surface area contributed by atoms with Gasteiger partial charge in [0.2, 0.25) is 0 Å². The number of methoxy groups -OCH3 is 1. The fourth-order valence-electron chi connectivity index (χ4n) is 1.81. The largest absolute Gasteiger partial charge is 0.497 e. The molecule has 0 amide bonds. The number of fused-ring (bicyclic) bond motifs is 1. The van der Waals surface area contributed by atoms with Gasteiger partial charge in [-0.15, -0.1) is 0 Å². The first-order chi connectivity index (χ1) is 7.11. The molecule has 78 valence electrons. The predicted molar refractivity (Wildman–Crippen MR) is 58.5 cm³/mol. The molecule has 0 N–H and O–H groups in total. The highest BCUT2D eigenvalue weighted by Crippen LogP contribution is 2.25. The third-order valence-corrected chi connectivity index (χ3v) is 2.45. The normalized spacial score (nSPS) is 10.6. The topological polar surface area (TPSA) is 39.4 Å². The first-order valence-electron chi connectivity index (χ1n) is 4.71. The molecule has 0 spiro atoms. The van der Waals surface area contributed by atoms with Crippen LogP contribution in [-0.4, -0.2) is 7.11 Å². The summed E-state index contributed by atoms with van der Waals surface area (Å²) in [6.07, 6.45) is 0. The Hall–Kier alpha value is -1.77. The highest BCUT2D eigenvalue weighted by atomic mass is 16.5. The summed E-state index contributed by atoms with van der Waals surface area (Å²) in [6.45, 7) is 3.87. The summed E-state index contributed by atoms with van der Waals surface area (Å²) in [7, 11) is 1.59. The van der Waals surface area contributed by atoms with Gasteiger partial charge in [0.05, 0.1) is 7.11 Å². The molecule has 15 heavy (non-hydrogen) atoms. The van der Waals surface area contributed by atoms with Gasteiger partial charge in [-0.3, -0.25) is 0 Å². The van der Waals surface area contributed by atoms with E-state index in [1.165, 1.54) is 6.07 Å². The van der Waals surface area contributed by atoms with Crippen LogP contribution in [0.15, 0.2) is 27.4 Å². The van der Waals surface area contributed by atoms with Crippen LogP contribution in [-0.2, 0) is 0 Å². The Morgan fingerprint density at radius 1 is 1.13 bits per heavy atom. The SMILES string of the molecule is COc1cc(C)c2c(C)cc(=O)oc2c1. The lowest BCUT2D eigenvalue weighted by Crippen LogP contribution is -1.99. The van der Waals surface area contributed by atoms with E-state index < -0.39 is 0 Å². The summed E-state index contributed by atoms with van der Waals surface area (Å²) in [4.78, 5) is 11.2. The van der Waals surface area contributed by atoms with Gasteiger partial charge in [-0.1, -0.05) is 0 Å². The van der Waals surface area contributed by atoms with Crippen molar-refractivity contribution in [1.29, 1.82) is 0 Å². The number of hydrogen-bond acceptors (Lipinski definition) is 3. The van der Waals surface area contributed by atoms with Crippen LogP contribution in [0.1, 0.15) is 11.1 Å². The molecule has 0 aliphatic carbocycles. The first-order valence-corrected chi connectivity index (χ1v) is 4.71. The molecule has 2 aromatic rings. The molecule has 1 heterocycles. The lowest BCUT2D eigenvalue weighted by molar-refractivity contribution is 0.413. The molecule has 0 bridgehead atoms. The minimum atomic E-state index is -0.326. The molecule has 0 saturated carbocycles. The van der Waals surface area contributed by atoms with E-state index in [0.29, 0.717) is 11.3 Å². The molecule has 3 nitrogen and oxygen atoms in total. The van der Waals surface area contributed by atoms with E-state index in [-0.39, 0.29) is 5.63 Å². The van der Waals surface area contributed by atoms with Gasteiger partial charge in [0.25, 0.3) is 0 Å². The fourth-order valence-corrected chi connectivity index (χ4v) is 1.81. The minimum absolute atomic E-state index is 0.326. The standard InChI is InChI=1S/C12H12O3/c1-7-4-9(14-3)6-10-12(7)8(2)5-11(13)15-10/h4-6H,1-3H3. The summed E-state index contributed by atoms with van der Waals surface area (Å²) in [5.74, 6) is 0.703. The third kappa shape index (κ3) is 1.61. The third-order valence-electron chi connectivity index (χ3n) is 2.45. The van der Waals surface area contributed by atoms with Crippen LogP contribution in [0.2, 0.25) is 0 Å². The van der Waals surface area contributed by atoms with Gasteiger partial charge in [-0.05, 0) is 31.0 Å². The van der Waals surface area contributed by atoms with Crippen LogP contribution in [0.3, 0.4) is 0 Å². The zero-order chi connectivity index (χ0) is 11.0. The Kier molecular flexibility index (Phi) is 2.23. The van der Waals surface area contributed by atoms with Crippen molar-refractivity contribution in [3.05, 3.63) is 39.7 Å². The molecule has 3 heteroatoms. The Labute approximate surface area is 87.3 Å². The monoisotopic (exact) mass is 204 g/mol. The Morgan fingerprint density at radius 3 is 2.47 bits per heavy atom. The molecule has 1 aromatic heterocycles. The summed E-state index contributed by atoms with van der Waals surface area (Å²) < 4.78 is 10.3. The molecule has 1 aromatic carbocycles. The maximum atomic E-state index is 11.2. The molecule has 0 aliphatic rings. The lowest BCUT2D eigenvalue weighted by Gasteiger charge is -2.06. The summed E-state index contributed by atoms with van der Waals surface area (Å²) >= 11 is 0. The average molecular weight is 204 g/mol. The summed E-state index contributed by atoms with van der Waals surface area (Å²) in [5.41, 5.74) is 2.23. The van der Waals surface area contributed by atoms with E-state index in [1.54, 1.807) is 13.2 Å². The van der Waals surface area contributed by atoms with Crippen molar-refractivity contribution in [3.8, 4) is 5.75 Å². The van der Waals surface area contributed by atoms with Crippen molar-refractivity contribution >= 4 is 11.0 Å². The van der Waals surface area contributed by atoms with Crippen molar-refractivity contribution in [2.75, 3.05) is 7.11 Å². The van der Waals surface area contributed by atoms with Gasteiger partial charge in [-0.25, -0.2) is 4.79 Å². The van der Waals surface area contributed by atoms with E-state index in [4.69, 9.17) is 9.15 Å². The molecule has 0 aliphatic heterocycles. The fraction of sp³-hybridized carbons (Fsp3) is 0.250. The van der Waals surface area contributed by atoms with E-state index in [9.17, 15) is 4.79 Å². The van der Waals surface area contributed by atoms with E-state index >= 15 is 0 Å². The van der Waals surface area contributed by atoms with Gasteiger partial charge in [0.15, 0.2) is 0 Å². The molecule has 0 radical (unpaired) electrons. The zero-order valence-corrected chi connectivity index (χ0v) is 8.96. The second kappa shape index (κ2) is 3.42. The molecule has 0 atom stereocenters. The second-order valence-corrected chi connectivity index (χ2v) is 3.57. The number of rotatable bonds is 1. The molecule has 0 fully saturated rings. The van der Waals surface area contributed by atoms with Crippen LogP contribution in [0, 0.1) is 13.8 Å². The van der Waals surface area contributed by atoms with Crippen molar-refractivity contribution in [1.82, 2.24) is 0 Å². The van der Waals surface area contributed by atoms with Crippen molar-refractivity contribution in [2.24, 2.45) is 0 Å². The van der Waals surface area contributed by atoms with Gasteiger partial charge in [0, 0.05) is 17.5 Å².